The molecular formula is C13H26N2O2. The van der Waals surface area contributed by atoms with Crippen LogP contribution in [0.3, 0.4) is 0 Å². The molecule has 0 aromatic rings. The molecule has 0 saturated carbocycles. The summed E-state index contributed by atoms with van der Waals surface area (Å²) >= 11 is 0. The third-order valence-corrected chi connectivity index (χ3v) is 3.35. The van der Waals surface area contributed by atoms with Crippen molar-refractivity contribution >= 4 is 6.09 Å². The van der Waals surface area contributed by atoms with Gasteiger partial charge in [0.1, 0.15) is 5.60 Å². The number of carbonyl (C=O) groups is 1. The van der Waals surface area contributed by atoms with Gasteiger partial charge < -0.3 is 15.4 Å². The molecule has 1 amide bonds. The second kappa shape index (κ2) is 4.84. The van der Waals surface area contributed by atoms with Crippen LogP contribution < -0.4 is 5.73 Å². The summed E-state index contributed by atoms with van der Waals surface area (Å²) in [5.74, 6) is 0. The topological polar surface area (TPSA) is 55.6 Å². The molecule has 100 valence electrons. The first-order valence-electron chi connectivity index (χ1n) is 6.37. The Kier molecular flexibility index (Phi) is 4.07. The van der Waals surface area contributed by atoms with Crippen LogP contribution in [-0.4, -0.2) is 35.7 Å². The highest BCUT2D eigenvalue weighted by Crippen LogP contribution is 2.35. The van der Waals surface area contributed by atoms with Crippen LogP contribution in [0.4, 0.5) is 4.79 Å². The Morgan fingerprint density at radius 3 is 2.53 bits per heavy atom. The Morgan fingerprint density at radius 1 is 1.47 bits per heavy atom. The fourth-order valence-corrected chi connectivity index (χ4v) is 2.43. The summed E-state index contributed by atoms with van der Waals surface area (Å²) in [5, 5.41) is 0. The van der Waals surface area contributed by atoms with Crippen molar-refractivity contribution in [2.24, 2.45) is 11.1 Å². The van der Waals surface area contributed by atoms with Crippen LogP contribution in [-0.2, 0) is 4.74 Å². The predicted molar refractivity (Wildman–Crippen MR) is 68.8 cm³/mol. The Morgan fingerprint density at radius 2 is 2.06 bits per heavy atom. The fraction of sp³-hybridized carbons (Fsp3) is 0.923. The first-order valence-corrected chi connectivity index (χ1v) is 6.37. The van der Waals surface area contributed by atoms with E-state index in [-0.39, 0.29) is 17.6 Å². The van der Waals surface area contributed by atoms with Gasteiger partial charge in [0.25, 0.3) is 0 Å². The number of nitrogens with zero attached hydrogens (tertiary/aromatic N) is 1. The van der Waals surface area contributed by atoms with Crippen molar-refractivity contribution in [1.29, 1.82) is 0 Å². The lowest BCUT2D eigenvalue weighted by Crippen LogP contribution is -2.56. The maximum absolute atomic E-state index is 12.1. The Balaban J connectivity index is 2.78. The normalized spacial score (nSPS) is 24.6. The highest BCUT2D eigenvalue weighted by molar-refractivity contribution is 5.69. The predicted octanol–water partition coefficient (Wildman–Crippen LogP) is 2.37. The van der Waals surface area contributed by atoms with Crippen molar-refractivity contribution in [1.82, 2.24) is 4.90 Å². The number of carbonyl (C=O) groups excluding carboxylic acids is 1. The molecule has 0 spiro atoms. The minimum Gasteiger partial charge on any atom is -0.444 e. The first-order chi connectivity index (χ1) is 7.67. The second-order valence-electron chi connectivity index (χ2n) is 6.52. The smallest absolute Gasteiger partial charge is 0.410 e. The highest BCUT2D eigenvalue weighted by Gasteiger charge is 2.40. The van der Waals surface area contributed by atoms with Gasteiger partial charge in [-0.1, -0.05) is 13.8 Å². The average molecular weight is 242 g/mol. The van der Waals surface area contributed by atoms with E-state index in [4.69, 9.17) is 10.5 Å². The van der Waals surface area contributed by atoms with Crippen molar-refractivity contribution in [3.05, 3.63) is 0 Å². The highest BCUT2D eigenvalue weighted by atomic mass is 16.6. The summed E-state index contributed by atoms with van der Waals surface area (Å²) in [7, 11) is 0. The quantitative estimate of drug-likeness (QED) is 0.768. The molecule has 0 bridgehead atoms. The third-order valence-electron chi connectivity index (χ3n) is 3.35. The Hall–Kier alpha value is -0.770. The zero-order chi connectivity index (χ0) is 13.3. The number of ether oxygens (including phenoxy) is 1. The molecule has 1 rings (SSSR count). The molecule has 1 heterocycles. The number of rotatable bonds is 1. The number of nitrogens with two attached hydrogens (primary N) is 1. The summed E-state index contributed by atoms with van der Waals surface area (Å²) in [6.07, 6.45) is 1.89. The minimum atomic E-state index is -0.447. The molecular weight excluding hydrogens is 216 g/mol. The van der Waals surface area contributed by atoms with Gasteiger partial charge in [0.05, 0.1) is 6.04 Å². The number of likely N-dealkylation sites (tertiary alicyclic amines) is 1. The summed E-state index contributed by atoms with van der Waals surface area (Å²) in [6, 6.07) is 0.0751. The molecule has 17 heavy (non-hydrogen) atoms. The summed E-state index contributed by atoms with van der Waals surface area (Å²) in [4.78, 5) is 13.9. The molecule has 0 aromatic carbocycles. The van der Waals surface area contributed by atoms with Crippen molar-refractivity contribution < 1.29 is 9.53 Å². The van der Waals surface area contributed by atoms with E-state index in [0.717, 1.165) is 19.4 Å². The van der Waals surface area contributed by atoms with Crippen LogP contribution in [0.15, 0.2) is 0 Å². The molecule has 2 N–H and O–H groups in total. The van der Waals surface area contributed by atoms with Crippen LogP contribution in [0.2, 0.25) is 0 Å². The molecule has 1 saturated heterocycles. The lowest BCUT2D eigenvalue weighted by Gasteiger charge is -2.46. The largest absolute Gasteiger partial charge is 0.444 e. The first kappa shape index (κ1) is 14.3. The molecule has 1 unspecified atom stereocenters. The van der Waals surface area contributed by atoms with E-state index in [2.05, 4.69) is 13.8 Å². The molecule has 0 aromatic heterocycles. The number of amides is 1. The van der Waals surface area contributed by atoms with E-state index in [9.17, 15) is 4.79 Å². The summed E-state index contributed by atoms with van der Waals surface area (Å²) < 4.78 is 5.43. The van der Waals surface area contributed by atoms with Crippen LogP contribution in [0.25, 0.3) is 0 Å². The second-order valence-corrected chi connectivity index (χ2v) is 6.52. The molecule has 1 aliphatic rings. The molecule has 0 aliphatic carbocycles. The monoisotopic (exact) mass is 242 g/mol. The Labute approximate surface area is 104 Å². The SMILES string of the molecule is CC(C)(C)OC(=O)N1CCCC(C)(C)C1CN. The zero-order valence-corrected chi connectivity index (χ0v) is 11.7. The van der Waals surface area contributed by atoms with Crippen LogP contribution >= 0.6 is 0 Å². The zero-order valence-electron chi connectivity index (χ0n) is 11.7. The van der Waals surface area contributed by atoms with E-state index < -0.39 is 5.60 Å². The van der Waals surface area contributed by atoms with E-state index in [1.54, 1.807) is 4.90 Å². The van der Waals surface area contributed by atoms with Gasteiger partial charge >= 0.3 is 6.09 Å². The average Bonchev–Trinajstić information content (AvgIpc) is 2.13. The lowest BCUT2D eigenvalue weighted by molar-refractivity contribution is -0.0133. The maximum atomic E-state index is 12.1. The standard InChI is InChI=1S/C13H26N2O2/c1-12(2,3)17-11(16)15-8-6-7-13(4,5)10(15)9-14/h10H,6-9,14H2,1-5H3. The number of hydrogen-bond acceptors (Lipinski definition) is 3. The Bertz CT molecular complexity index is 282. The minimum absolute atomic E-state index is 0.0733. The van der Waals surface area contributed by atoms with E-state index in [1.807, 2.05) is 20.8 Å². The van der Waals surface area contributed by atoms with Gasteiger partial charge in [0.15, 0.2) is 0 Å². The van der Waals surface area contributed by atoms with Gasteiger partial charge in [0, 0.05) is 13.1 Å². The van der Waals surface area contributed by atoms with Crippen molar-refractivity contribution in [2.75, 3.05) is 13.1 Å². The molecule has 1 atom stereocenters. The van der Waals surface area contributed by atoms with E-state index in [0.29, 0.717) is 6.54 Å². The van der Waals surface area contributed by atoms with Gasteiger partial charge in [-0.15, -0.1) is 0 Å². The van der Waals surface area contributed by atoms with Gasteiger partial charge in [-0.05, 0) is 39.0 Å². The van der Waals surface area contributed by atoms with Gasteiger partial charge in [0.2, 0.25) is 0 Å². The maximum Gasteiger partial charge on any atom is 0.410 e. The summed E-state index contributed by atoms with van der Waals surface area (Å²) in [5.41, 5.74) is 5.45. The van der Waals surface area contributed by atoms with Gasteiger partial charge in [-0.25, -0.2) is 4.79 Å². The number of piperidine rings is 1. The van der Waals surface area contributed by atoms with Crippen molar-refractivity contribution in [2.45, 2.75) is 59.1 Å². The van der Waals surface area contributed by atoms with Crippen LogP contribution in [0, 0.1) is 5.41 Å². The van der Waals surface area contributed by atoms with Gasteiger partial charge in [-0.2, -0.15) is 0 Å². The van der Waals surface area contributed by atoms with E-state index >= 15 is 0 Å². The summed E-state index contributed by atoms with van der Waals surface area (Å²) in [6.45, 7) is 11.2. The van der Waals surface area contributed by atoms with Gasteiger partial charge in [-0.3, -0.25) is 0 Å². The fourth-order valence-electron chi connectivity index (χ4n) is 2.43. The van der Waals surface area contributed by atoms with Crippen LogP contribution in [0.1, 0.15) is 47.5 Å². The molecule has 4 heteroatoms. The molecule has 1 fully saturated rings. The van der Waals surface area contributed by atoms with Crippen molar-refractivity contribution in [3.63, 3.8) is 0 Å². The molecule has 4 nitrogen and oxygen atoms in total. The lowest BCUT2D eigenvalue weighted by atomic mass is 9.76. The molecule has 0 radical (unpaired) electrons. The van der Waals surface area contributed by atoms with Crippen molar-refractivity contribution in [3.8, 4) is 0 Å². The number of hydrogen-bond donors (Lipinski definition) is 1. The van der Waals surface area contributed by atoms with E-state index in [1.165, 1.54) is 0 Å². The molecule has 1 aliphatic heterocycles. The third kappa shape index (κ3) is 3.60. The van der Waals surface area contributed by atoms with Crippen LogP contribution in [0.5, 0.6) is 0 Å².